The smallest absolute Gasteiger partial charge is 0.338 e. The number of hydrogen-bond acceptors (Lipinski definition) is 4. The van der Waals surface area contributed by atoms with Gasteiger partial charge < -0.3 is 5.11 Å². The van der Waals surface area contributed by atoms with Crippen molar-refractivity contribution in [2.45, 2.75) is 9.92 Å². The van der Waals surface area contributed by atoms with Crippen molar-refractivity contribution in [3.8, 4) is 0 Å². The molecular formula is C11H6FIN2O2S. The number of hydrogen-bond donors (Lipinski definition) is 1. The SMILES string of the molecule is O=C(O)c1cc(Sc2ncncc2I)ccc1F. The molecule has 0 radical (unpaired) electrons. The maximum Gasteiger partial charge on any atom is 0.338 e. The molecule has 0 saturated heterocycles. The number of benzene rings is 1. The fraction of sp³-hybridized carbons (Fsp3) is 0. The second-order valence-electron chi connectivity index (χ2n) is 3.22. The fourth-order valence-electron chi connectivity index (χ4n) is 1.22. The van der Waals surface area contributed by atoms with Gasteiger partial charge in [-0.2, -0.15) is 0 Å². The van der Waals surface area contributed by atoms with E-state index in [2.05, 4.69) is 32.6 Å². The van der Waals surface area contributed by atoms with E-state index in [-0.39, 0.29) is 5.56 Å². The van der Waals surface area contributed by atoms with Crippen LogP contribution in [0.4, 0.5) is 4.39 Å². The van der Waals surface area contributed by atoms with Gasteiger partial charge in [0.2, 0.25) is 0 Å². The predicted molar refractivity (Wildman–Crippen MR) is 72.2 cm³/mol. The van der Waals surface area contributed by atoms with Gasteiger partial charge in [-0.25, -0.2) is 19.2 Å². The van der Waals surface area contributed by atoms with Crippen LogP contribution in [0.3, 0.4) is 0 Å². The quantitative estimate of drug-likeness (QED) is 0.659. The maximum atomic E-state index is 13.2. The van der Waals surface area contributed by atoms with Crippen LogP contribution in [0.5, 0.6) is 0 Å². The van der Waals surface area contributed by atoms with Crippen LogP contribution in [0.25, 0.3) is 0 Å². The molecule has 0 spiro atoms. The van der Waals surface area contributed by atoms with Gasteiger partial charge >= 0.3 is 5.97 Å². The summed E-state index contributed by atoms with van der Waals surface area (Å²) in [6.45, 7) is 0. The van der Waals surface area contributed by atoms with Gasteiger partial charge in [0, 0.05) is 11.1 Å². The van der Waals surface area contributed by atoms with E-state index in [4.69, 9.17) is 5.11 Å². The molecule has 2 rings (SSSR count). The largest absolute Gasteiger partial charge is 0.478 e. The van der Waals surface area contributed by atoms with Crippen molar-refractivity contribution in [1.29, 1.82) is 0 Å². The van der Waals surface area contributed by atoms with Gasteiger partial charge in [0.25, 0.3) is 0 Å². The van der Waals surface area contributed by atoms with Crippen molar-refractivity contribution in [3.05, 3.63) is 45.7 Å². The zero-order chi connectivity index (χ0) is 13.1. The van der Waals surface area contributed by atoms with Crippen molar-refractivity contribution in [2.24, 2.45) is 0 Å². The van der Waals surface area contributed by atoms with Crippen LogP contribution in [0.15, 0.2) is 40.6 Å². The molecule has 0 atom stereocenters. The minimum absolute atomic E-state index is 0.343. The molecule has 2 aromatic rings. The summed E-state index contributed by atoms with van der Waals surface area (Å²) in [5.74, 6) is -2.03. The molecule has 0 aliphatic carbocycles. The zero-order valence-corrected chi connectivity index (χ0v) is 11.8. The third-order valence-electron chi connectivity index (χ3n) is 2.02. The third kappa shape index (κ3) is 2.96. The number of halogens is 2. The van der Waals surface area contributed by atoms with E-state index in [0.29, 0.717) is 9.92 Å². The molecule has 0 amide bonds. The Labute approximate surface area is 120 Å². The molecule has 1 aromatic heterocycles. The van der Waals surface area contributed by atoms with Gasteiger partial charge in [-0.1, -0.05) is 11.8 Å². The number of carboxylic acids is 1. The molecule has 0 bridgehead atoms. The van der Waals surface area contributed by atoms with E-state index in [1.807, 2.05) is 0 Å². The average Bonchev–Trinajstić information content (AvgIpc) is 2.34. The van der Waals surface area contributed by atoms with Crippen LogP contribution in [0, 0.1) is 9.39 Å². The summed E-state index contributed by atoms with van der Waals surface area (Å²) in [7, 11) is 0. The lowest BCUT2D eigenvalue weighted by molar-refractivity contribution is 0.0691. The molecule has 0 aliphatic rings. The lowest BCUT2D eigenvalue weighted by atomic mass is 10.2. The minimum atomic E-state index is -1.28. The Kier molecular flexibility index (Phi) is 4.12. The van der Waals surface area contributed by atoms with Crippen molar-refractivity contribution in [1.82, 2.24) is 9.97 Å². The first-order valence-corrected chi connectivity index (χ1v) is 6.63. The maximum absolute atomic E-state index is 13.2. The molecule has 1 N–H and O–H groups in total. The summed E-state index contributed by atoms with van der Waals surface area (Å²) in [5, 5.41) is 9.54. The summed E-state index contributed by atoms with van der Waals surface area (Å²) in [4.78, 5) is 19.4. The number of nitrogens with zero attached hydrogens (tertiary/aromatic N) is 2. The topological polar surface area (TPSA) is 63.1 Å². The molecular weight excluding hydrogens is 370 g/mol. The molecule has 0 unspecified atom stereocenters. The lowest BCUT2D eigenvalue weighted by Crippen LogP contribution is -2.00. The Hall–Kier alpha value is -1.22. The van der Waals surface area contributed by atoms with E-state index in [9.17, 15) is 9.18 Å². The van der Waals surface area contributed by atoms with E-state index in [1.54, 1.807) is 6.20 Å². The number of aromatic nitrogens is 2. The summed E-state index contributed by atoms with van der Waals surface area (Å²) in [5.41, 5.74) is -0.343. The van der Waals surface area contributed by atoms with Crippen LogP contribution in [-0.4, -0.2) is 21.0 Å². The molecule has 0 aliphatic heterocycles. The van der Waals surface area contributed by atoms with Crippen LogP contribution < -0.4 is 0 Å². The monoisotopic (exact) mass is 376 g/mol. The molecule has 1 aromatic carbocycles. The molecule has 0 fully saturated rings. The highest BCUT2D eigenvalue weighted by molar-refractivity contribution is 14.1. The minimum Gasteiger partial charge on any atom is -0.478 e. The summed E-state index contributed by atoms with van der Waals surface area (Å²) >= 11 is 3.35. The summed E-state index contributed by atoms with van der Waals surface area (Å²) in [6, 6.07) is 3.95. The fourth-order valence-corrected chi connectivity index (χ4v) is 2.64. The summed E-state index contributed by atoms with van der Waals surface area (Å²) in [6.07, 6.45) is 3.06. The Balaban J connectivity index is 2.33. The van der Waals surface area contributed by atoms with Crippen molar-refractivity contribution >= 4 is 40.3 Å². The number of carbonyl (C=O) groups is 1. The third-order valence-corrected chi connectivity index (χ3v) is 4.18. The Bertz CT molecular complexity index is 609. The van der Waals surface area contributed by atoms with Crippen LogP contribution in [-0.2, 0) is 0 Å². The van der Waals surface area contributed by atoms with E-state index in [0.717, 1.165) is 9.64 Å². The van der Waals surface area contributed by atoms with Gasteiger partial charge in [0.05, 0.1) is 9.13 Å². The molecule has 7 heteroatoms. The van der Waals surface area contributed by atoms with E-state index in [1.165, 1.54) is 30.2 Å². The second kappa shape index (κ2) is 5.61. The Morgan fingerprint density at radius 2 is 2.22 bits per heavy atom. The molecule has 18 heavy (non-hydrogen) atoms. The highest BCUT2D eigenvalue weighted by Gasteiger charge is 2.12. The van der Waals surface area contributed by atoms with Gasteiger partial charge in [0.1, 0.15) is 17.2 Å². The lowest BCUT2D eigenvalue weighted by Gasteiger charge is -2.04. The Morgan fingerprint density at radius 1 is 1.44 bits per heavy atom. The highest BCUT2D eigenvalue weighted by Crippen LogP contribution is 2.30. The average molecular weight is 376 g/mol. The van der Waals surface area contributed by atoms with Crippen LogP contribution in [0.1, 0.15) is 10.4 Å². The van der Waals surface area contributed by atoms with Crippen molar-refractivity contribution in [3.63, 3.8) is 0 Å². The molecule has 4 nitrogen and oxygen atoms in total. The first-order valence-electron chi connectivity index (χ1n) is 4.74. The van der Waals surface area contributed by atoms with E-state index < -0.39 is 11.8 Å². The van der Waals surface area contributed by atoms with Gasteiger partial charge in [0.15, 0.2) is 0 Å². The standard InChI is InChI=1S/C11H6FIN2O2S/c12-8-2-1-6(3-7(8)11(16)17)18-10-9(13)4-14-5-15-10/h1-5H,(H,16,17). The molecule has 92 valence electrons. The van der Waals surface area contributed by atoms with Crippen molar-refractivity contribution < 1.29 is 14.3 Å². The molecule has 0 saturated carbocycles. The van der Waals surface area contributed by atoms with Crippen LogP contribution >= 0.6 is 34.4 Å². The second-order valence-corrected chi connectivity index (χ2v) is 5.45. The van der Waals surface area contributed by atoms with Gasteiger partial charge in [-0.3, -0.25) is 0 Å². The number of aromatic carboxylic acids is 1. The van der Waals surface area contributed by atoms with Crippen molar-refractivity contribution in [2.75, 3.05) is 0 Å². The molecule has 1 heterocycles. The first kappa shape index (κ1) is 13.2. The normalized spacial score (nSPS) is 10.3. The van der Waals surface area contributed by atoms with E-state index >= 15 is 0 Å². The summed E-state index contributed by atoms with van der Waals surface area (Å²) < 4.78 is 14.1. The van der Waals surface area contributed by atoms with Crippen LogP contribution in [0.2, 0.25) is 0 Å². The van der Waals surface area contributed by atoms with Gasteiger partial charge in [-0.05, 0) is 40.8 Å². The highest BCUT2D eigenvalue weighted by atomic mass is 127. The number of carboxylic acid groups (broad SMARTS) is 1. The number of rotatable bonds is 3. The predicted octanol–water partition coefficient (Wildman–Crippen LogP) is 3.07. The Morgan fingerprint density at radius 3 is 2.89 bits per heavy atom. The van der Waals surface area contributed by atoms with Gasteiger partial charge in [-0.15, -0.1) is 0 Å². The zero-order valence-electron chi connectivity index (χ0n) is 8.80. The first-order chi connectivity index (χ1) is 8.58.